The first-order valence-corrected chi connectivity index (χ1v) is 7.14. The summed E-state index contributed by atoms with van der Waals surface area (Å²) >= 11 is 18.3. The minimum Gasteiger partial charge on any atom is -0.207 e. The molecule has 2 atom stereocenters. The fourth-order valence-corrected chi connectivity index (χ4v) is 3.31. The molecule has 0 aliphatic heterocycles. The second-order valence-corrected chi connectivity index (χ2v) is 6.04. The van der Waals surface area contributed by atoms with Crippen LogP contribution in [0.4, 0.5) is 4.39 Å². The van der Waals surface area contributed by atoms with Crippen LogP contribution in [-0.2, 0) is 0 Å². The molecule has 0 bridgehead atoms. The highest BCUT2D eigenvalue weighted by molar-refractivity contribution is 6.42. The van der Waals surface area contributed by atoms with E-state index in [1.807, 2.05) is 12.1 Å². The monoisotopic (exact) mass is 314 g/mol. The van der Waals surface area contributed by atoms with Crippen LogP contribution in [0.5, 0.6) is 0 Å². The SMILES string of the molecule is Fc1ccc2c(c1)[C@@H](Cl)C[C@H]2c1ccc(Cl)c(Cl)c1. The third kappa shape index (κ3) is 2.35. The first-order chi connectivity index (χ1) is 9.06. The van der Waals surface area contributed by atoms with E-state index >= 15 is 0 Å². The van der Waals surface area contributed by atoms with Crippen molar-refractivity contribution < 1.29 is 4.39 Å². The zero-order valence-electron chi connectivity index (χ0n) is 9.84. The van der Waals surface area contributed by atoms with Gasteiger partial charge in [0, 0.05) is 5.92 Å². The molecule has 0 fully saturated rings. The van der Waals surface area contributed by atoms with Gasteiger partial charge in [-0.15, -0.1) is 11.6 Å². The molecule has 0 saturated heterocycles. The summed E-state index contributed by atoms with van der Waals surface area (Å²) in [6.45, 7) is 0. The van der Waals surface area contributed by atoms with Gasteiger partial charge in [-0.25, -0.2) is 4.39 Å². The van der Waals surface area contributed by atoms with Crippen LogP contribution in [0.25, 0.3) is 0 Å². The number of fused-ring (bicyclic) bond motifs is 1. The molecule has 2 aromatic carbocycles. The minimum atomic E-state index is -0.251. The zero-order valence-corrected chi connectivity index (χ0v) is 12.1. The van der Waals surface area contributed by atoms with Gasteiger partial charge in [0.25, 0.3) is 0 Å². The van der Waals surface area contributed by atoms with E-state index in [0.717, 1.165) is 23.1 Å². The smallest absolute Gasteiger partial charge is 0.123 e. The summed E-state index contributed by atoms with van der Waals surface area (Å²) in [6, 6.07) is 10.4. The predicted octanol–water partition coefficient (Wildman–Crippen LogP) is 5.95. The highest BCUT2D eigenvalue weighted by atomic mass is 35.5. The molecule has 0 radical (unpaired) electrons. The molecule has 1 aliphatic carbocycles. The summed E-state index contributed by atoms with van der Waals surface area (Å²) in [5.41, 5.74) is 3.00. The molecule has 0 saturated carbocycles. The standard InChI is InChI=1S/C15H10Cl3F/c16-13-4-1-8(5-15(13)18)11-7-14(17)12-6-9(19)2-3-10(11)12/h1-6,11,14H,7H2/t11-,14-/m0/s1. The molecule has 0 heterocycles. The maximum atomic E-state index is 13.3. The van der Waals surface area contributed by atoms with Crippen molar-refractivity contribution in [2.75, 3.05) is 0 Å². The Morgan fingerprint density at radius 2 is 1.74 bits per heavy atom. The van der Waals surface area contributed by atoms with Crippen LogP contribution in [-0.4, -0.2) is 0 Å². The first-order valence-electron chi connectivity index (χ1n) is 5.94. The van der Waals surface area contributed by atoms with Crippen LogP contribution < -0.4 is 0 Å². The van der Waals surface area contributed by atoms with Gasteiger partial charge in [-0.1, -0.05) is 35.3 Å². The van der Waals surface area contributed by atoms with Crippen molar-refractivity contribution in [3.05, 3.63) is 69.0 Å². The van der Waals surface area contributed by atoms with Gasteiger partial charge in [0.05, 0.1) is 15.4 Å². The predicted molar refractivity (Wildman–Crippen MR) is 77.9 cm³/mol. The van der Waals surface area contributed by atoms with Crippen LogP contribution in [0.3, 0.4) is 0 Å². The Labute approximate surface area is 126 Å². The van der Waals surface area contributed by atoms with Crippen LogP contribution >= 0.6 is 34.8 Å². The van der Waals surface area contributed by atoms with E-state index in [-0.39, 0.29) is 17.1 Å². The van der Waals surface area contributed by atoms with Gasteiger partial charge in [-0.2, -0.15) is 0 Å². The number of rotatable bonds is 1. The molecule has 4 heteroatoms. The summed E-state index contributed by atoms with van der Waals surface area (Å²) in [7, 11) is 0. The van der Waals surface area contributed by atoms with Gasteiger partial charge < -0.3 is 0 Å². The lowest BCUT2D eigenvalue weighted by atomic mass is 9.93. The molecule has 2 aromatic rings. The maximum absolute atomic E-state index is 13.3. The van der Waals surface area contributed by atoms with Crippen LogP contribution in [0.1, 0.15) is 34.4 Å². The van der Waals surface area contributed by atoms with E-state index in [4.69, 9.17) is 34.8 Å². The van der Waals surface area contributed by atoms with Crippen molar-refractivity contribution in [3.63, 3.8) is 0 Å². The van der Waals surface area contributed by atoms with Crippen LogP contribution in [0, 0.1) is 5.82 Å². The average molecular weight is 316 g/mol. The van der Waals surface area contributed by atoms with E-state index in [2.05, 4.69) is 0 Å². The third-order valence-corrected chi connectivity index (χ3v) is 4.70. The number of benzene rings is 2. The van der Waals surface area contributed by atoms with Crippen molar-refractivity contribution in [1.29, 1.82) is 0 Å². The van der Waals surface area contributed by atoms with Gasteiger partial charge in [0.15, 0.2) is 0 Å². The molecule has 0 aromatic heterocycles. The number of hydrogen-bond acceptors (Lipinski definition) is 0. The van der Waals surface area contributed by atoms with E-state index in [1.54, 1.807) is 12.1 Å². The van der Waals surface area contributed by atoms with Gasteiger partial charge in [-0.05, 0) is 47.4 Å². The lowest BCUT2D eigenvalue weighted by Crippen LogP contribution is -1.96. The maximum Gasteiger partial charge on any atom is 0.123 e. The Kier molecular flexibility index (Phi) is 3.46. The molecule has 98 valence electrons. The molecule has 0 nitrogen and oxygen atoms in total. The summed E-state index contributed by atoms with van der Waals surface area (Å²) < 4.78 is 13.3. The van der Waals surface area contributed by atoms with Crippen LogP contribution in [0.2, 0.25) is 10.0 Å². The van der Waals surface area contributed by atoms with Crippen molar-refractivity contribution in [2.24, 2.45) is 0 Å². The summed E-state index contributed by atoms with van der Waals surface area (Å²) in [6.07, 6.45) is 0.748. The molecular formula is C15H10Cl3F. The lowest BCUT2D eigenvalue weighted by Gasteiger charge is -2.12. The summed E-state index contributed by atoms with van der Waals surface area (Å²) in [4.78, 5) is 0. The molecule has 0 spiro atoms. The number of halogens is 4. The van der Waals surface area contributed by atoms with Gasteiger partial charge in [0.2, 0.25) is 0 Å². The molecular weight excluding hydrogens is 306 g/mol. The Balaban J connectivity index is 2.07. The second kappa shape index (κ2) is 4.97. The lowest BCUT2D eigenvalue weighted by molar-refractivity contribution is 0.625. The Bertz CT molecular complexity index is 639. The molecule has 19 heavy (non-hydrogen) atoms. The summed E-state index contributed by atoms with van der Waals surface area (Å²) in [5.74, 6) is -0.105. The third-order valence-electron chi connectivity index (χ3n) is 3.55. The van der Waals surface area contributed by atoms with E-state index < -0.39 is 0 Å². The zero-order chi connectivity index (χ0) is 13.6. The molecule has 3 rings (SSSR count). The Morgan fingerprint density at radius 1 is 0.947 bits per heavy atom. The molecule has 1 aliphatic rings. The Morgan fingerprint density at radius 3 is 2.47 bits per heavy atom. The van der Waals surface area contributed by atoms with Gasteiger partial charge >= 0.3 is 0 Å². The van der Waals surface area contributed by atoms with Crippen molar-refractivity contribution >= 4 is 34.8 Å². The minimum absolute atomic E-state index is 0.146. The highest BCUT2D eigenvalue weighted by Gasteiger charge is 2.31. The highest BCUT2D eigenvalue weighted by Crippen LogP contribution is 2.47. The van der Waals surface area contributed by atoms with E-state index in [0.29, 0.717) is 10.0 Å². The second-order valence-electron chi connectivity index (χ2n) is 4.70. The normalized spacial score (nSPS) is 21.5. The van der Waals surface area contributed by atoms with Crippen molar-refractivity contribution in [2.45, 2.75) is 17.7 Å². The van der Waals surface area contributed by atoms with E-state index in [9.17, 15) is 4.39 Å². The Hall–Kier alpha value is -0.760. The van der Waals surface area contributed by atoms with Crippen molar-refractivity contribution in [3.8, 4) is 0 Å². The first kappa shape index (κ1) is 13.2. The van der Waals surface area contributed by atoms with Crippen molar-refractivity contribution in [1.82, 2.24) is 0 Å². The number of hydrogen-bond donors (Lipinski definition) is 0. The van der Waals surface area contributed by atoms with Gasteiger partial charge in [0.1, 0.15) is 5.82 Å². The fourth-order valence-electron chi connectivity index (χ4n) is 2.64. The molecule has 0 amide bonds. The van der Waals surface area contributed by atoms with Gasteiger partial charge in [-0.3, -0.25) is 0 Å². The van der Waals surface area contributed by atoms with Crippen LogP contribution in [0.15, 0.2) is 36.4 Å². The number of alkyl halides is 1. The fraction of sp³-hybridized carbons (Fsp3) is 0.200. The van der Waals surface area contributed by atoms with E-state index in [1.165, 1.54) is 12.1 Å². The molecule has 0 N–H and O–H groups in total. The summed E-state index contributed by atoms with van der Waals surface area (Å²) in [5, 5.41) is 0.899. The molecule has 0 unspecified atom stereocenters. The quantitative estimate of drug-likeness (QED) is 0.571. The largest absolute Gasteiger partial charge is 0.207 e. The topological polar surface area (TPSA) is 0 Å². The average Bonchev–Trinajstić information content (AvgIpc) is 2.70.